The monoisotopic (exact) mass is 314 g/mol. The van der Waals surface area contributed by atoms with Crippen LogP contribution in [0.2, 0.25) is 5.15 Å². The Morgan fingerprint density at radius 2 is 2.14 bits per heavy atom. The third-order valence-electron chi connectivity index (χ3n) is 4.03. The van der Waals surface area contributed by atoms with Gasteiger partial charge in [-0.05, 0) is 62.4 Å². The fourth-order valence-corrected chi connectivity index (χ4v) is 2.97. The first-order chi connectivity index (χ1) is 10.7. The molecule has 3 rings (SSSR count). The van der Waals surface area contributed by atoms with E-state index in [0.717, 1.165) is 17.3 Å². The number of carbonyl (C=O) groups is 1. The zero-order valence-electron chi connectivity index (χ0n) is 12.4. The van der Waals surface area contributed by atoms with Crippen LogP contribution in [0.15, 0.2) is 42.0 Å². The van der Waals surface area contributed by atoms with Gasteiger partial charge in [-0.15, -0.1) is 0 Å². The number of nitrogens with one attached hydrogen (secondary N) is 1. The summed E-state index contributed by atoms with van der Waals surface area (Å²) in [4.78, 5) is 16.4. The van der Waals surface area contributed by atoms with Crippen molar-refractivity contribution in [3.8, 4) is 0 Å². The maximum atomic E-state index is 12.2. The minimum absolute atomic E-state index is 0.0340. The standard InChI is InChI=1S/C18H19ClN2O/c19-17-9-7-14-12-15(6-8-16(14)21-17)18(22)20-11-10-13-4-2-1-3-5-13/h4,6-9,12H,1-3,5,10-11H2,(H,20,22). The van der Waals surface area contributed by atoms with E-state index in [4.69, 9.17) is 11.6 Å². The van der Waals surface area contributed by atoms with E-state index >= 15 is 0 Å². The number of allylic oxidation sites excluding steroid dienone is 1. The summed E-state index contributed by atoms with van der Waals surface area (Å²) in [6, 6.07) is 9.10. The summed E-state index contributed by atoms with van der Waals surface area (Å²) in [6.07, 6.45) is 8.21. The largest absolute Gasteiger partial charge is 0.352 e. The molecule has 22 heavy (non-hydrogen) atoms. The zero-order valence-corrected chi connectivity index (χ0v) is 13.2. The van der Waals surface area contributed by atoms with Gasteiger partial charge in [-0.1, -0.05) is 23.3 Å². The van der Waals surface area contributed by atoms with E-state index in [1.54, 1.807) is 12.1 Å². The summed E-state index contributed by atoms with van der Waals surface area (Å²) in [6.45, 7) is 0.696. The van der Waals surface area contributed by atoms with Gasteiger partial charge in [0, 0.05) is 17.5 Å². The lowest BCUT2D eigenvalue weighted by molar-refractivity contribution is 0.0954. The molecule has 1 aliphatic carbocycles. The highest BCUT2D eigenvalue weighted by molar-refractivity contribution is 6.29. The molecule has 1 N–H and O–H groups in total. The van der Waals surface area contributed by atoms with Gasteiger partial charge in [0.05, 0.1) is 5.52 Å². The first kappa shape index (κ1) is 15.0. The van der Waals surface area contributed by atoms with Crippen molar-refractivity contribution in [2.24, 2.45) is 0 Å². The fraction of sp³-hybridized carbons (Fsp3) is 0.333. The van der Waals surface area contributed by atoms with Crippen LogP contribution in [0.5, 0.6) is 0 Å². The summed E-state index contributed by atoms with van der Waals surface area (Å²) in [5.74, 6) is -0.0340. The molecule has 3 nitrogen and oxygen atoms in total. The van der Waals surface area contributed by atoms with Crippen molar-refractivity contribution in [1.29, 1.82) is 0 Å². The Labute approximate surface area is 135 Å². The molecule has 0 bridgehead atoms. The predicted molar refractivity (Wildman–Crippen MR) is 90.3 cm³/mol. The Kier molecular flexibility index (Phi) is 4.74. The molecule has 0 radical (unpaired) electrons. The molecule has 1 amide bonds. The summed E-state index contributed by atoms with van der Waals surface area (Å²) in [7, 11) is 0. The number of aromatic nitrogens is 1. The van der Waals surface area contributed by atoms with Crippen molar-refractivity contribution >= 4 is 28.4 Å². The Hall–Kier alpha value is -1.87. The van der Waals surface area contributed by atoms with Crippen molar-refractivity contribution in [2.45, 2.75) is 32.1 Å². The molecule has 0 fully saturated rings. The molecule has 0 aliphatic heterocycles. The van der Waals surface area contributed by atoms with Crippen LogP contribution in [0.3, 0.4) is 0 Å². The molecule has 2 aromatic rings. The molecule has 0 spiro atoms. The van der Waals surface area contributed by atoms with Gasteiger partial charge in [0.25, 0.3) is 5.91 Å². The molecule has 1 aromatic carbocycles. The van der Waals surface area contributed by atoms with Crippen LogP contribution in [-0.4, -0.2) is 17.4 Å². The molecule has 0 unspecified atom stereocenters. The van der Waals surface area contributed by atoms with Crippen LogP contribution in [-0.2, 0) is 0 Å². The molecule has 0 saturated carbocycles. The van der Waals surface area contributed by atoms with Crippen LogP contribution < -0.4 is 5.32 Å². The number of hydrogen-bond donors (Lipinski definition) is 1. The van der Waals surface area contributed by atoms with E-state index in [1.807, 2.05) is 18.2 Å². The van der Waals surface area contributed by atoms with E-state index in [2.05, 4.69) is 16.4 Å². The van der Waals surface area contributed by atoms with Crippen molar-refractivity contribution in [3.63, 3.8) is 0 Å². The van der Waals surface area contributed by atoms with Gasteiger partial charge in [0.15, 0.2) is 0 Å². The third kappa shape index (κ3) is 3.66. The Morgan fingerprint density at radius 3 is 2.95 bits per heavy atom. The van der Waals surface area contributed by atoms with E-state index in [1.165, 1.54) is 31.3 Å². The van der Waals surface area contributed by atoms with Crippen LogP contribution >= 0.6 is 11.6 Å². The normalized spacial score (nSPS) is 14.7. The lowest BCUT2D eigenvalue weighted by atomic mass is 9.97. The molecule has 114 valence electrons. The van der Waals surface area contributed by atoms with Gasteiger partial charge >= 0.3 is 0 Å². The fourth-order valence-electron chi connectivity index (χ4n) is 2.81. The van der Waals surface area contributed by atoms with Crippen molar-refractivity contribution in [3.05, 3.63) is 52.7 Å². The Bertz CT molecular complexity index is 724. The minimum Gasteiger partial charge on any atom is -0.352 e. The quantitative estimate of drug-likeness (QED) is 0.666. The van der Waals surface area contributed by atoms with Crippen molar-refractivity contribution < 1.29 is 4.79 Å². The summed E-state index contributed by atoms with van der Waals surface area (Å²) in [5.41, 5.74) is 2.94. The predicted octanol–water partition coefficient (Wildman–Crippen LogP) is 4.51. The second-order valence-corrected chi connectivity index (χ2v) is 6.04. The van der Waals surface area contributed by atoms with Crippen LogP contribution in [0.25, 0.3) is 10.9 Å². The first-order valence-corrected chi connectivity index (χ1v) is 8.12. The number of carbonyl (C=O) groups excluding carboxylic acids is 1. The zero-order chi connectivity index (χ0) is 15.4. The van der Waals surface area contributed by atoms with Gasteiger partial charge in [0.1, 0.15) is 5.15 Å². The smallest absolute Gasteiger partial charge is 0.251 e. The molecular formula is C18H19ClN2O. The van der Waals surface area contributed by atoms with Gasteiger partial charge in [-0.2, -0.15) is 0 Å². The molecule has 0 saturated heterocycles. The minimum atomic E-state index is -0.0340. The SMILES string of the molecule is O=C(NCCC1=CCCCC1)c1ccc2nc(Cl)ccc2c1. The second kappa shape index (κ2) is 6.93. The number of amides is 1. The van der Waals surface area contributed by atoms with Crippen molar-refractivity contribution in [1.82, 2.24) is 10.3 Å². The number of halogens is 1. The van der Waals surface area contributed by atoms with Crippen molar-refractivity contribution in [2.75, 3.05) is 6.54 Å². The number of hydrogen-bond acceptors (Lipinski definition) is 2. The number of rotatable bonds is 4. The Morgan fingerprint density at radius 1 is 1.23 bits per heavy atom. The second-order valence-electron chi connectivity index (χ2n) is 5.66. The topological polar surface area (TPSA) is 42.0 Å². The first-order valence-electron chi connectivity index (χ1n) is 7.75. The number of benzene rings is 1. The molecular weight excluding hydrogens is 296 g/mol. The number of fused-ring (bicyclic) bond motifs is 1. The highest BCUT2D eigenvalue weighted by atomic mass is 35.5. The van der Waals surface area contributed by atoms with E-state index in [0.29, 0.717) is 17.3 Å². The maximum Gasteiger partial charge on any atom is 0.251 e. The van der Waals surface area contributed by atoms with Gasteiger partial charge in [0.2, 0.25) is 0 Å². The number of nitrogens with zero attached hydrogens (tertiary/aromatic N) is 1. The third-order valence-corrected chi connectivity index (χ3v) is 4.24. The average Bonchev–Trinajstić information content (AvgIpc) is 2.55. The highest BCUT2D eigenvalue weighted by Crippen LogP contribution is 2.20. The lowest BCUT2D eigenvalue weighted by Crippen LogP contribution is -2.24. The van der Waals surface area contributed by atoms with E-state index < -0.39 is 0 Å². The van der Waals surface area contributed by atoms with Gasteiger partial charge in [-0.25, -0.2) is 4.98 Å². The average molecular weight is 315 g/mol. The number of pyridine rings is 1. The Balaban J connectivity index is 1.62. The maximum absolute atomic E-state index is 12.2. The van der Waals surface area contributed by atoms with Crippen LogP contribution in [0, 0.1) is 0 Å². The highest BCUT2D eigenvalue weighted by Gasteiger charge is 2.08. The molecule has 0 atom stereocenters. The molecule has 4 heteroatoms. The molecule has 1 heterocycles. The molecule has 1 aliphatic rings. The van der Waals surface area contributed by atoms with Crippen LogP contribution in [0.1, 0.15) is 42.5 Å². The molecule has 1 aromatic heterocycles. The van der Waals surface area contributed by atoms with E-state index in [-0.39, 0.29) is 5.91 Å². The van der Waals surface area contributed by atoms with Crippen LogP contribution in [0.4, 0.5) is 0 Å². The van der Waals surface area contributed by atoms with E-state index in [9.17, 15) is 4.79 Å². The summed E-state index contributed by atoms with van der Waals surface area (Å²) < 4.78 is 0. The van der Waals surface area contributed by atoms with Gasteiger partial charge < -0.3 is 5.32 Å². The summed E-state index contributed by atoms with van der Waals surface area (Å²) >= 11 is 5.87. The summed E-state index contributed by atoms with van der Waals surface area (Å²) in [5, 5.41) is 4.38. The lowest BCUT2D eigenvalue weighted by Gasteiger charge is -2.13. The van der Waals surface area contributed by atoms with Gasteiger partial charge in [-0.3, -0.25) is 4.79 Å².